The van der Waals surface area contributed by atoms with Gasteiger partial charge in [-0.3, -0.25) is 4.55 Å². The summed E-state index contributed by atoms with van der Waals surface area (Å²) in [5.41, 5.74) is 0. The summed E-state index contributed by atoms with van der Waals surface area (Å²) in [4.78, 5) is 0. The van der Waals surface area contributed by atoms with Crippen LogP contribution in [0, 0.1) is 0 Å². The fourth-order valence-electron chi connectivity index (χ4n) is 1.33. The highest BCUT2D eigenvalue weighted by atomic mass is 32.3. The summed E-state index contributed by atoms with van der Waals surface area (Å²) in [5.74, 6) is 0. The van der Waals surface area contributed by atoms with Gasteiger partial charge in [-0.2, -0.15) is 8.42 Å². The quantitative estimate of drug-likeness (QED) is 0.327. The van der Waals surface area contributed by atoms with E-state index in [0.717, 1.165) is 0 Å². The van der Waals surface area contributed by atoms with Crippen LogP contribution in [0.5, 0.6) is 0 Å². The van der Waals surface area contributed by atoms with Crippen molar-refractivity contribution in [3.05, 3.63) is 0 Å². The molecular weight excluding hydrogens is 248 g/mol. The predicted molar refractivity (Wildman–Crippen MR) is 46.4 cm³/mol. The van der Waals surface area contributed by atoms with Gasteiger partial charge in [-0.15, -0.1) is 0 Å². The third-order valence-electron chi connectivity index (χ3n) is 2.07. The standard InChI is InChI=1S/C6H12O9S/c7-1-2-5(15-16(11,12)13)3(8)4(9)6(10)14-2/h2-10H,1H2,(H,11,12,13)/t2-,3-,4-,5+,6?/m1/s1. The van der Waals surface area contributed by atoms with Gasteiger partial charge < -0.3 is 25.2 Å². The molecule has 0 amide bonds. The average molecular weight is 260 g/mol. The van der Waals surface area contributed by atoms with E-state index in [9.17, 15) is 13.5 Å². The Bertz CT molecular complexity index is 325. The minimum atomic E-state index is -4.88. The first-order valence-electron chi connectivity index (χ1n) is 4.22. The maximum absolute atomic E-state index is 10.4. The van der Waals surface area contributed by atoms with Crippen LogP contribution in [0.2, 0.25) is 0 Å². The van der Waals surface area contributed by atoms with Crippen molar-refractivity contribution in [1.82, 2.24) is 0 Å². The lowest BCUT2D eigenvalue weighted by Crippen LogP contribution is -2.59. The summed E-state index contributed by atoms with van der Waals surface area (Å²) < 4.78 is 37.9. The number of aliphatic hydroxyl groups is 4. The first-order chi connectivity index (χ1) is 7.26. The lowest BCUT2D eigenvalue weighted by molar-refractivity contribution is -0.282. The molecule has 0 spiro atoms. The Morgan fingerprint density at radius 2 is 1.75 bits per heavy atom. The van der Waals surface area contributed by atoms with E-state index < -0.39 is 47.7 Å². The number of hydrogen-bond acceptors (Lipinski definition) is 8. The van der Waals surface area contributed by atoms with Crippen LogP contribution >= 0.6 is 0 Å². The van der Waals surface area contributed by atoms with Crippen molar-refractivity contribution in [3.63, 3.8) is 0 Å². The molecule has 16 heavy (non-hydrogen) atoms. The van der Waals surface area contributed by atoms with Gasteiger partial charge in [-0.25, -0.2) is 4.18 Å². The van der Waals surface area contributed by atoms with Crippen molar-refractivity contribution < 1.29 is 42.3 Å². The smallest absolute Gasteiger partial charge is 0.394 e. The Morgan fingerprint density at radius 3 is 2.19 bits per heavy atom. The number of hydrogen-bond donors (Lipinski definition) is 5. The zero-order chi connectivity index (χ0) is 12.5. The van der Waals surface area contributed by atoms with E-state index in [4.69, 9.17) is 19.9 Å². The van der Waals surface area contributed by atoms with Gasteiger partial charge in [-0.1, -0.05) is 0 Å². The minimum absolute atomic E-state index is 0.777. The van der Waals surface area contributed by atoms with Gasteiger partial charge in [0.25, 0.3) is 0 Å². The van der Waals surface area contributed by atoms with E-state index in [-0.39, 0.29) is 0 Å². The summed E-state index contributed by atoms with van der Waals surface area (Å²) in [6, 6.07) is 0. The molecule has 1 heterocycles. The Kier molecular flexibility index (Phi) is 4.20. The van der Waals surface area contributed by atoms with Gasteiger partial charge in [0.2, 0.25) is 0 Å². The Labute approximate surface area is 90.8 Å². The number of rotatable bonds is 3. The molecule has 0 bridgehead atoms. The van der Waals surface area contributed by atoms with Crippen molar-refractivity contribution in [2.75, 3.05) is 6.61 Å². The second-order valence-corrected chi connectivity index (χ2v) is 4.27. The topological polar surface area (TPSA) is 154 Å². The average Bonchev–Trinajstić information content (AvgIpc) is 2.17. The Morgan fingerprint density at radius 1 is 1.19 bits per heavy atom. The van der Waals surface area contributed by atoms with Crippen molar-refractivity contribution in [2.24, 2.45) is 0 Å². The molecule has 1 aliphatic heterocycles. The highest BCUT2D eigenvalue weighted by Crippen LogP contribution is 2.23. The highest BCUT2D eigenvalue weighted by Gasteiger charge is 2.46. The Balaban J connectivity index is 2.85. The van der Waals surface area contributed by atoms with Crippen LogP contribution in [0.1, 0.15) is 0 Å². The molecule has 5 atom stereocenters. The van der Waals surface area contributed by atoms with Crippen LogP contribution in [-0.2, 0) is 19.3 Å². The zero-order valence-electron chi connectivity index (χ0n) is 7.87. The minimum Gasteiger partial charge on any atom is -0.394 e. The molecule has 10 heteroatoms. The molecule has 0 radical (unpaired) electrons. The molecule has 0 aromatic rings. The Hall–Kier alpha value is -0.330. The predicted octanol–water partition coefficient (Wildman–Crippen LogP) is -3.39. The van der Waals surface area contributed by atoms with Crippen LogP contribution in [0.15, 0.2) is 0 Å². The summed E-state index contributed by atoms with van der Waals surface area (Å²) in [5, 5.41) is 36.4. The van der Waals surface area contributed by atoms with Gasteiger partial charge in [0, 0.05) is 0 Å². The first kappa shape index (κ1) is 13.7. The number of aliphatic hydroxyl groups excluding tert-OH is 4. The summed E-state index contributed by atoms with van der Waals surface area (Å²) in [7, 11) is -4.88. The summed E-state index contributed by atoms with van der Waals surface area (Å²) in [6.45, 7) is -0.777. The molecule has 9 nitrogen and oxygen atoms in total. The lowest BCUT2D eigenvalue weighted by atomic mass is 9.99. The van der Waals surface area contributed by atoms with Crippen LogP contribution in [0.4, 0.5) is 0 Å². The molecule has 5 N–H and O–H groups in total. The normalized spacial score (nSPS) is 40.9. The van der Waals surface area contributed by atoms with Gasteiger partial charge in [-0.05, 0) is 0 Å². The maximum Gasteiger partial charge on any atom is 0.397 e. The SMILES string of the molecule is O=S(=O)(O)O[C@@H]1[C@H](O)[C@@H](O)C(O)O[C@@H]1CO. The van der Waals surface area contributed by atoms with Crippen molar-refractivity contribution in [3.8, 4) is 0 Å². The van der Waals surface area contributed by atoms with E-state index in [1.54, 1.807) is 0 Å². The highest BCUT2D eigenvalue weighted by molar-refractivity contribution is 7.80. The fourth-order valence-corrected chi connectivity index (χ4v) is 1.84. The molecule has 1 rings (SSSR count). The third-order valence-corrected chi connectivity index (χ3v) is 2.54. The van der Waals surface area contributed by atoms with Crippen molar-refractivity contribution in [1.29, 1.82) is 0 Å². The lowest BCUT2D eigenvalue weighted by Gasteiger charge is -2.38. The van der Waals surface area contributed by atoms with Gasteiger partial charge in [0.05, 0.1) is 6.61 Å². The van der Waals surface area contributed by atoms with E-state index in [1.165, 1.54) is 0 Å². The van der Waals surface area contributed by atoms with Crippen LogP contribution in [0.25, 0.3) is 0 Å². The molecule has 0 aromatic carbocycles. The monoisotopic (exact) mass is 260 g/mol. The zero-order valence-corrected chi connectivity index (χ0v) is 8.69. The van der Waals surface area contributed by atoms with E-state index in [0.29, 0.717) is 0 Å². The largest absolute Gasteiger partial charge is 0.397 e. The molecular formula is C6H12O9S. The van der Waals surface area contributed by atoms with Crippen molar-refractivity contribution in [2.45, 2.75) is 30.7 Å². The first-order valence-corrected chi connectivity index (χ1v) is 5.59. The molecule has 96 valence electrons. The van der Waals surface area contributed by atoms with Gasteiger partial charge >= 0.3 is 10.4 Å². The van der Waals surface area contributed by atoms with E-state index in [1.807, 2.05) is 0 Å². The molecule has 1 unspecified atom stereocenters. The molecule has 0 aliphatic carbocycles. The molecule has 0 saturated carbocycles. The number of ether oxygens (including phenoxy) is 1. The van der Waals surface area contributed by atoms with Gasteiger partial charge in [0.1, 0.15) is 24.4 Å². The van der Waals surface area contributed by atoms with Crippen LogP contribution < -0.4 is 0 Å². The van der Waals surface area contributed by atoms with Crippen molar-refractivity contribution >= 4 is 10.4 Å². The van der Waals surface area contributed by atoms with Gasteiger partial charge in [0.15, 0.2) is 6.29 Å². The van der Waals surface area contributed by atoms with Crippen LogP contribution in [0.3, 0.4) is 0 Å². The second-order valence-electron chi connectivity index (χ2n) is 3.22. The molecule has 1 saturated heterocycles. The van der Waals surface area contributed by atoms with E-state index >= 15 is 0 Å². The van der Waals surface area contributed by atoms with E-state index in [2.05, 4.69) is 8.92 Å². The second kappa shape index (κ2) is 4.89. The fraction of sp³-hybridized carbons (Fsp3) is 1.00. The summed E-state index contributed by atoms with van der Waals surface area (Å²) in [6.07, 6.45) is -8.53. The summed E-state index contributed by atoms with van der Waals surface area (Å²) >= 11 is 0. The molecule has 1 fully saturated rings. The third kappa shape index (κ3) is 3.09. The molecule has 0 aromatic heterocycles. The maximum atomic E-state index is 10.4. The molecule has 1 aliphatic rings. The van der Waals surface area contributed by atoms with Crippen LogP contribution in [-0.4, -0.2) is 70.7 Å².